The van der Waals surface area contributed by atoms with E-state index in [1.165, 1.54) is 0 Å². The van der Waals surface area contributed by atoms with Crippen molar-refractivity contribution in [2.45, 2.75) is 19.8 Å². The maximum absolute atomic E-state index is 5.34. The normalized spacial score (nSPS) is 11.6. The molecule has 110 valence electrons. The Morgan fingerprint density at radius 1 is 1.18 bits per heavy atom. The van der Waals surface area contributed by atoms with Crippen LogP contribution in [0.2, 0.25) is 0 Å². The molecule has 0 amide bonds. The molecule has 22 heavy (non-hydrogen) atoms. The lowest BCUT2D eigenvalue weighted by molar-refractivity contribution is 0.405. The van der Waals surface area contributed by atoms with Gasteiger partial charge in [0.05, 0.1) is 17.4 Å². The lowest BCUT2D eigenvalue weighted by Crippen LogP contribution is -1.89. The number of hydrogen-bond donors (Lipinski definition) is 1. The van der Waals surface area contributed by atoms with Gasteiger partial charge in [0.25, 0.3) is 5.89 Å². The Kier molecular flexibility index (Phi) is 2.78. The Morgan fingerprint density at radius 3 is 2.95 bits per heavy atom. The molecule has 0 saturated carbocycles. The van der Waals surface area contributed by atoms with Crippen LogP contribution >= 0.6 is 0 Å². The molecule has 1 aromatic carbocycles. The van der Waals surface area contributed by atoms with Gasteiger partial charge in [-0.1, -0.05) is 24.2 Å². The van der Waals surface area contributed by atoms with Crippen LogP contribution in [0.5, 0.6) is 0 Å². The number of fused-ring (bicyclic) bond motifs is 1. The molecule has 3 aromatic heterocycles. The van der Waals surface area contributed by atoms with Crippen LogP contribution in [0.4, 0.5) is 0 Å². The molecule has 0 bridgehead atoms. The maximum Gasteiger partial charge on any atom is 0.280 e. The summed E-state index contributed by atoms with van der Waals surface area (Å²) in [6.45, 7) is 4.11. The fraction of sp³-hybridized carbons (Fsp3) is 0.200. The molecule has 0 aliphatic rings. The van der Waals surface area contributed by atoms with Crippen molar-refractivity contribution in [2.75, 3.05) is 0 Å². The summed E-state index contributed by atoms with van der Waals surface area (Å²) in [5, 5.41) is 8.00. The summed E-state index contributed by atoms with van der Waals surface area (Å²) in [4.78, 5) is 11.7. The van der Waals surface area contributed by atoms with E-state index in [9.17, 15) is 0 Å². The van der Waals surface area contributed by atoms with E-state index in [-0.39, 0.29) is 5.92 Å². The zero-order chi connectivity index (χ0) is 15.1. The van der Waals surface area contributed by atoms with Gasteiger partial charge < -0.3 is 14.0 Å². The molecule has 0 atom stereocenters. The fourth-order valence-corrected chi connectivity index (χ4v) is 2.33. The number of nitrogens with zero attached hydrogens (tertiary/aromatic N) is 4. The predicted octanol–water partition coefficient (Wildman–Crippen LogP) is 3.39. The van der Waals surface area contributed by atoms with Crippen LogP contribution in [0.25, 0.3) is 34.0 Å². The second-order valence-electron chi connectivity index (χ2n) is 5.33. The number of rotatable bonds is 3. The highest BCUT2D eigenvalue weighted by atomic mass is 16.5. The van der Waals surface area contributed by atoms with Crippen molar-refractivity contribution >= 4 is 11.0 Å². The van der Waals surface area contributed by atoms with Gasteiger partial charge in [0.1, 0.15) is 6.26 Å². The minimum Gasteiger partial charge on any atom is -0.364 e. The molecule has 1 N–H and O–H groups in total. The summed E-state index contributed by atoms with van der Waals surface area (Å²) >= 11 is 0. The predicted molar refractivity (Wildman–Crippen MR) is 79.0 cm³/mol. The molecule has 4 aromatic rings. The topological polar surface area (TPSA) is 93.6 Å². The van der Waals surface area contributed by atoms with E-state index < -0.39 is 0 Å². The number of aromatic nitrogens is 5. The molecule has 0 spiro atoms. The summed E-state index contributed by atoms with van der Waals surface area (Å²) in [6.07, 6.45) is 3.26. The quantitative estimate of drug-likeness (QED) is 0.622. The van der Waals surface area contributed by atoms with Gasteiger partial charge in [-0.2, -0.15) is 4.98 Å². The molecule has 7 heteroatoms. The van der Waals surface area contributed by atoms with Crippen LogP contribution in [0, 0.1) is 0 Å². The molecule has 4 rings (SSSR count). The number of aromatic amines is 1. The third-order valence-electron chi connectivity index (χ3n) is 3.53. The fourth-order valence-electron chi connectivity index (χ4n) is 2.33. The van der Waals surface area contributed by atoms with E-state index in [1.807, 2.05) is 18.2 Å². The maximum atomic E-state index is 5.34. The van der Waals surface area contributed by atoms with E-state index in [0.29, 0.717) is 17.4 Å². The Balaban J connectivity index is 1.75. The summed E-state index contributed by atoms with van der Waals surface area (Å²) in [7, 11) is 0. The van der Waals surface area contributed by atoms with Crippen LogP contribution in [0.15, 0.2) is 39.8 Å². The van der Waals surface area contributed by atoms with E-state index in [2.05, 4.69) is 39.1 Å². The van der Waals surface area contributed by atoms with Crippen LogP contribution in [0.1, 0.15) is 25.3 Å². The summed E-state index contributed by atoms with van der Waals surface area (Å²) in [6, 6.07) is 5.75. The molecule has 3 heterocycles. The summed E-state index contributed by atoms with van der Waals surface area (Å²) in [5.74, 6) is 1.12. The highest BCUT2D eigenvalue weighted by molar-refractivity contribution is 5.80. The van der Waals surface area contributed by atoms with Crippen LogP contribution in [-0.4, -0.2) is 25.3 Å². The SMILES string of the molecule is CC(C)c1conc1-c1nc(-c2ccc3nc[nH]c3c2)no1. The first-order valence-corrected chi connectivity index (χ1v) is 6.94. The number of H-pyrrole nitrogens is 1. The summed E-state index contributed by atoms with van der Waals surface area (Å²) < 4.78 is 10.4. The number of benzene rings is 1. The zero-order valence-corrected chi connectivity index (χ0v) is 12.1. The first-order valence-electron chi connectivity index (χ1n) is 6.94. The van der Waals surface area contributed by atoms with Crippen LogP contribution in [-0.2, 0) is 0 Å². The molecule has 0 aliphatic heterocycles. The van der Waals surface area contributed by atoms with Gasteiger partial charge in [0.2, 0.25) is 5.82 Å². The molecule has 0 unspecified atom stereocenters. The standard InChI is InChI=1S/C15H13N5O2/c1-8(2)10-6-21-19-13(10)15-18-14(20-22-15)9-3-4-11-12(5-9)17-7-16-11/h3-8H,1-2H3,(H,16,17). The van der Waals surface area contributed by atoms with Crippen LogP contribution in [0.3, 0.4) is 0 Å². The molecule has 0 saturated heterocycles. The molecular weight excluding hydrogens is 282 g/mol. The smallest absolute Gasteiger partial charge is 0.280 e. The molecule has 0 fully saturated rings. The van der Waals surface area contributed by atoms with Gasteiger partial charge >= 0.3 is 0 Å². The van der Waals surface area contributed by atoms with Gasteiger partial charge in [0, 0.05) is 11.1 Å². The Hall–Kier alpha value is -2.96. The van der Waals surface area contributed by atoms with E-state index in [0.717, 1.165) is 22.2 Å². The second-order valence-corrected chi connectivity index (χ2v) is 5.33. The number of hydrogen-bond acceptors (Lipinski definition) is 6. The van der Waals surface area contributed by atoms with Crippen molar-refractivity contribution in [3.63, 3.8) is 0 Å². The molecular formula is C15H13N5O2. The van der Waals surface area contributed by atoms with Crippen molar-refractivity contribution in [2.24, 2.45) is 0 Å². The van der Waals surface area contributed by atoms with Crippen molar-refractivity contribution in [1.29, 1.82) is 0 Å². The largest absolute Gasteiger partial charge is 0.364 e. The van der Waals surface area contributed by atoms with Gasteiger partial charge in [-0.25, -0.2) is 4.98 Å². The minimum atomic E-state index is 0.262. The Labute approximate surface area is 125 Å². The molecule has 7 nitrogen and oxygen atoms in total. The number of nitrogens with one attached hydrogen (secondary N) is 1. The first-order chi connectivity index (χ1) is 10.7. The second kappa shape index (κ2) is 4.80. The highest BCUT2D eigenvalue weighted by Gasteiger charge is 2.20. The lowest BCUT2D eigenvalue weighted by atomic mass is 10.0. The average molecular weight is 295 g/mol. The molecule has 0 radical (unpaired) electrons. The Bertz CT molecular complexity index is 934. The van der Waals surface area contributed by atoms with Gasteiger partial charge in [-0.3, -0.25) is 0 Å². The third-order valence-corrected chi connectivity index (χ3v) is 3.53. The monoisotopic (exact) mass is 295 g/mol. The first kappa shape index (κ1) is 12.8. The van der Waals surface area contributed by atoms with Gasteiger partial charge in [-0.15, -0.1) is 0 Å². The average Bonchev–Trinajstić information content (AvgIpc) is 3.25. The summed E-state index contributed by atoms with van der Waals surface area (Å²) in [5.41, 5.74) is 4.20. The van der Waals surface area contributed by atoms with Crippen molar-refractivity contribution in [3.8, 4) is 23.0 Å². The van der Waals surface area contributed by atoms with E-state index in [1.54, 1.807) is 12.6 Å². The Morgan fingerprint density at radius 2 is 2.09 bits per heavy atom. The lowest BCUT2D eigenvalue weighted by Gasteiger charge is -1.99. The van der Waals surface area contributed by atoms with Gasteiger partial charge in [0.15, 0.2) is 5.69 Å². The minimum absolute atomic E-state index is 0.262. The third kappa shape index (κ3) is 1.98. The van der Waals surface area contributed by atoms with E-state index in [4.69, 9.17) is 9.05 Å². The van der Waals surface area contributed by atoms with Crippen LogP contribution < -0.4 is 0 Å². The van der Waals surface area contributed by atoms with Crippen molar-refractivity contribution in [1.82, 2.24) is 25.3 Å². The van der Waals surface area contributed by atoms with Crippen molar-refractivity contribution < 1.29 is 9.05 Å². The molecule has 0 aliphatic carbocycles. The van der Waals surface area contributed by atoms with Crippen molar-refractivity contribution in [3.05, 3.63) is 36.4 Å². The van der Waals surface area contributed by atoms with Gasteiger partial charge in [-0.05, 0) is 24.1 Å². The zero-order valence-electron chi connectivity index (χ0n) is 12.1. The highest BCUT2D eigenvalue weighted by Crippen LogP contribution is 2.28. The number of imidazole rings is 1. The van der Waals surface area contributed by atoms with E-state index >= 15 is 0 Å².